The van der Waals surface area contributed by atoms with Gasteiger partial charge in [-0.15, -0.1) is 0 Å². The van der Waals surface area contributed by atoms with Crippen LogP contribution in [0.5, 0.6) is 0 Å². The lowest BCUT2D eigenvalue weighted by Crippen LogP contribution is -2.44. The summed E-state index contributed by atoms with van der Waals surface area (Å²) in [4.78, 5) is 13.2. The van der Waals surface area contributed by atoms with Crippen LogP contribution in [0.3, 0.4) is 0 Å². The van der Waals surface area contributed by atoms with Crippen molar-refractivity contribution in [3.05, 3.63) is 0 Å². The zero-order chi connectivity index (χ0) is 10.3. The molecule has 0 aromatic heterocycles. The Bertz CT molecular complexity index is 198. The zero-order valence-corrected chi connectivity index (χ0v) is 8.50. The number of likely N-dealkylation sites (N-methyl/N-ethyl adjacent to an activating group) is 2. The van der Waals surface area contributed by atoms with E-state index in [0.29, 0.717) is 13.0 Å². The summed E-state index contributed by atoms with van der Waals surface area (Å²) < 4.78 is 0. The van der Waals surface area contributed by atoms with Crippen LogP contribution in [0.4, 0.5) is 0 Å². The Balaban J connectivity index is 4.07. The Labute approximate surface area is 79.5 Å². The lowest BCUT2D eigenvalue weighted by atomic mass is 10.2. The van der Waals surface area contributed by atoms with Gasteiger partial charge >= 0.3 is 0 Å². The molecular formula is C9H17N3O. The third-order valence-electron chi connectivity index (χ3n) is 2.09. The molecule has 0 aliphatic carbocycles. The van der Waals surface area contributed by atoms with E-state index in [2.05, 4.69) is 11.4 Å². The number of hydrogen-bond acceptors (Lipinski definition) is 3. The molecule has 0 heterocycles. The Hall–Kier alpha value is -1.08. The van der Waals surface area contributed by atoms with Crippen molar-refractivity contribution in [2.45, 2.75) is 26.3 Å². The highest BCUT2D eigenvalue weighted by Crippen LogP contribution is 1.99. The molecule has 74 valence electrons. The van der Waals surface area contributed by atoms with E-state index in [-0.39, 0.29) is 11.9 Å². The summed E-state index contributed by atoms with van der Waals surface area (Å²) in [5.41, 5.74) is 0. The fraction of sp³-hybridized carbons (Fsp3) is 0.778. The van der Waals surface area contributed by atoms with Crippen LogP contribution in [-0.4, -0.2) is 37.0 Å². The highest BCUT2D eigenvalue weighted by atomic mass is 16.2. The Morgan fingerprint density at radius 2 is 2.31 bits per heavy atom. The van der Waals surface area contributed by atoms with Gasteiger partial charge in [0.05, 0.1) is 12.1 Å². The number of carbonyl (C=O) groups excluding carboxylic acids is 1. The summed E-state index contributed by atoms with van der Waals surface area (Å²) in [5.74, 6) is -0.000195. The van der Waals surface area contributed by atoms with Crippen molar-refractivity contribution in [2.24, 2.45) is 0 Å². The van der Waals surface area contributed by atoms with Gasteiger partial charge in [0.15, 0.2) is 0 Å². The lowest BCUT2D eigenvalue weighted by Gasteiger charge is -2.25. The van der Waals surface area contributed by atoms with Crippen LogP contribution >= 0.6 is 0 Å². The minimum Gasteiger partial charge on any atom is -0.358 e. The van der Waals surface area contributed by atoms with E-state index in [1.165, 1.54) is 0 Å². The van der Waals surface area contributed by atoms with Gasteiger partial charge < -0.3 is 5.32 Å². The van der Waals surface area contributed by atoms with E-state index >= 15 is 0 Å². The first-order valence-electron chi connectivity index (χ1n) is 4.50. The number of nitrogens with one attached hydrogen (secondary N) is 1. The molecule has 4 nitrogen and oxygen atoms in total. The summed E-state index contributed by atoms with van der Waals surface area (Å²) in [6, 6.07) is 1.92. The number of hydrogen-bond donors (Lipinski definition) is 1. The van der Waals surface area contributed by atoms with Crippen molar-refractivity contribution >= 4 is 5.91 Å². The van der Waals surface area contributed by atoms with Gasteiger partial charge in [-0.1, -0.05) is 6.92 Å². The molecule has 0 saturated carbocycles. The van der Waals surface area contributed by atoms with Crippen LogP contribution in [0.1, 0.15) is 20.3 Å². The fourth-order valence-electron chi connectivity index (χ4n) is 1.19. The first kappa shape index (κ1) is 11.9. The molecule has 0 aliphatic heterocycles. The van der Waals surface area contributed by atoms with Gasteiger partial charge in [-0.3, -0.25) is 9.69 Å². The number of carbonyl (C=O) groups is 1. The van der Waals surface area contributed by atoms with E-state index in [0.717, 1.165) is 6.54 Å². The molecule has 13 heavy (non-hydrogen) atoms. The first-order valence-corrected chi connectivity index (χ1v) is 4.50. The summed E-state index contributed by atoms with van der Waals surface area (Å²) in [5, 5.41) is 11.0. The van der Waals surface area contributed by atoms with E-state index < -0.39 is 0 Å². The predicted molar refractivity (Wildman–Crippen MR) is 51.0 cm³/mol. The molecule has 1 atom stereocenters. The molecule has 0 fully saturated rings. The van der Waals surface area contributed by atoms with E-state index in [9.17, 15) is 4.79 Å². The molecule has 0 bridgehead atoms. The monoisotopic (exact) mass is 183 g/mol. The van der Waals surface area contributed by atoms with Crippen molar-refractivity contribution in [1.29, 1.82) is 5.26 Å². The quantitative estimate of drug-likeness (QED) is 0.669. The summed E-state index contributed by atoms with van der Waals surface area (Å²) in [6.07, 6.45) is 0.467. The maximum Gasteiger partial charge on any atom is 0.236 e. The lowest BCUT2D eigenvalue weighted by molar-refractivity contribution is -0.125. The minimum absolute atomic E-state index is 0.000195. The number of amides is 1. The predicted octanol–water partition coefficient (Wildman–Crippen LogP) is 0.356. The first-order chi connectivity index (χ1) is 6.17. The molecule has 0 aromatic rings. The topological polar surface area (TPSA) is 56.1 Å². The SMILES string of the molecule is CCN(CCC#N)C(C)C(=O)NC. The molecule has 1 unspecified atom stereocenters. The van der Waals surface area contributed by atoms with Crippen LogP contribution in [0, 0.1) is 11.3 Å². The maximum atomic E-state index is 11.2. The summed E-state index contributed by atoms with van der Waals surface area (Å²) in [6.45, 7) is 5.27. The van der Waals surface area contributed by atoms with Gasteiger partial charge in [-0.05, 0) is 13.5 Å². The molecule has 0 radical (unpaired) electrons. The van der Waals surface area contributed by atoms with Gasteiger partial charge in [-0.25, -0.2) is 0 Å². The molecular weight excluding hydrogens is 166 g/mol. The highest BCUT2D eigenvalue weighted by molar-refractivity contribution is 5.80. The van der Waals surface area contributed by atoms with Crippen molar-refractivity contribution in [3.63, 3.8) is 0 Å². The third-order valence-corrected chi connectivity index (χ3v) is 2.09. The van der Waals surface area contributed by atoms with Crippen molar-refractivity contribution in [3.8, 4) is 6.07 Å². The Morgan fingerprint density at radius 1 is 1.69 bits per heavy atom. The highest BCUT2D eigenvalue weighted by Gasteiger charge is 2.17. The smallest absolute Gasteiger partial charge is 0.236 e. The Kier molecular flexibility index (Phi) is 5.90. The number of nitrogens with zero attached hydrogens (tertiary/aromatic N) is 2. The van der Waals surface area contributed by atoms with Gasteiger partial charge in [-0.2, -0.15) is 5.26 Å². The van der Waals surface area contributed by atoms with E-state index in [1.54, 1.807) is 7.05 Å². The molecule has 0 rings (SSSR count). The van der Waals surface area contributed by atoms with Crippen molar-refractivity contribution in [2.75, 3.05) is 20.1 Å². The van der Waals surface area contributed by atoms with Gasteiger partial charge in [0.25, 0.3) is 0 Å². The molecule has 0 saturated heterocycles. The van der Waals surface area contributed by atoms with Crippen molar-refractivity contribution < 1.29 is 4.79 Å². The minimum atomic E-state index is -0.150. The van der Waals surface area contributed by atoms with Gasteiger partial charge in [0.2, 0.25) is 5.91 Å². The summed E-state index contributed by atoms with van der Waals surface area (Å²) >= 11 is 0. The average Bonchev–Trinajstić information content (AvgIpc) is 2.17. The van der Waals surface area contributed by atoms with Crippen LogP contribution in [0.15, 0.2) is 0 Å². The average molecular weight is 183 g/mol. The second-order valence-electron chi connectivity index (χ2n) is 2.83. The number of nitriles is 1. The molecule has 1 N–H and O–H groups in total. The molecule has 0 spiro atoms. The second kappa shape index (κ2) is 6.44. The largest absolute Gasteiger partial charge is 0.358 e. The van der Waals surface area contributed by atoms with Gasteiger partial charge in [0.1, 0.15) is 0 Å². The van der Waals surface area contributed by atoms with Crippen molar-refractivity contribution in [1.82, 2.24) is 10.2 Å². The van der Waals surface area contributed by atoms with E-state index in [4.69, 9.17) is 5.26 Å². The second-order valence-corrected chi connectivity index (χ2v) is 2.83. The standard InChI is InChI=1S/C9H17N3O/c1-4-12(7-5-6-10)8(2)9(13)11-3/h8H,4-5,7H2,1-3H3,(H,11,13). The maximum absolute atomic E-state index is 11.2. The fourth-order valence-corrected chi connectivity index (χ4v) is 1.19. The van der Waals surface area contributed by atoms with Crippen LogP contribution in [0.2, 0.25) is 0 Å². The Morgan fingerprint density at radius 3 is 2.69 bits per heavy atom. The third kappa shape index (κ3) is 3.90. The van der Waals surface area contributed by atoms with Crippen LogP contribution in [0.25, 0.3) is 0 Å². The summed E-state index contributed by atoms with van der Waals surface area (Å²) in [7, 11) is 1.62. The van der Waals surface area contributed by atoms with Gasteiger partial charge in [0, 0.05) is 20.0 Å². The molecule has 0 aromatic carbocycles. The van der Waals surface area contributed by atoms with E-state index in [1.807, 2.05) is 18.7 Å². The van der Waals surface area contributed by atoms with Crippen LogP contribution < -0.4 is 5.32 Å². The van der Waals surface area contributed by atoms with Crippen LogP contribution in [-0.2, 0) is 4.79 Å². The zero-order valence-electron chi connectivity index (χ0n) is 8.50. The molecule has 1 amide bonds. The molecule has 4 heteroatoms. The normalized spacial score (nSPS) is 12.2. The number of rotatable bonds is 5. The molecule has 0 aliphatic rings.